The molecule has 2 unspecified atom stereocenters. The van der Waals surface area contributed by atoms with Gasteiger partial charge in [0, 0.05) is 6.42 Å². The van der Waals surface area contributed by atoms with Crippen LogP contribution in [0.1, 0.15) is 27.2 Å². The molecule has 0 fully saturated rings. The normalized spacial score (nSPS) is 18.2. The maximum Gasteiger partial charge on any atom is 0.0919 e. The highest BCUT2D eigenvalue weighted by atomic mass is 16.3. The van der Waals surface area contributed by atoms with Crippen molar-refractivity contribution in [1.29, 1.82) is 0 Å². The topological polar surface area (TPSA) is 40.5 Å². The average Bonchev–Trinajstić information content (AvgIpc) is 2.03. The molecule has 12 heavy (non-hydrogen) atoms. The Kier molecular flexibility index (Phi) is 5.47. The van der Waals surface area contributed by atoms with Crippen LogP contribution >= 0.6 is 0 Å². The van der Waals surface area contributed by atoms with Gasteiger partial charge in [-0.3, -0.25) is 0 Å². The van der Waals surface area contributed by atoms with E-state index in [0.29, 0.717) is 12.2 Å². The van der Waals surface area contributed by atoms with E-state index in [1.54, 1.807) is 19.1 Å². The van der Waals surface area contributed by atoms with E-state index in [2.05, 4.69) is 0 Å². The Morgan fingerprint density at radius 2 is 2.00 bits per heavy atom. The van der Waals surface area contributed by atoms with Crippen LogP contribution < -0.4 is 0 Å². The van der Waals surface area contributed by atoms with Crippen molar-refractivity contribution in [1.82, 2.24) is 0 Å². The third-order valence-corrected chi connectivity index (χ3v) is 1.83. The van der Waals surface area contributed by atoms with Gasteiger partial charge in [0.25, 0.3) is 0 Å². The second-order valence-corrected chi connectivity index (χ2v) is 3.00. The van der Waals surface area contributed by atoms with Crippen LogP contribution in [-0.4, -0.2) is 16.3 Å². The first-order valence-corrected chi connectivity index (χ1v) is 4.32. The molecular formula is C10H18O2. The molecule has 0 aliphatic rings. The Morgan fingerprint density at radius 3 is 2.42 bits per heavy atom. The van der Waals surface area contributed by atoms with Crippen molar-refractivity contribution in [2.24, 2.45) is 5.92 Å². The van der Waals surface area contributed by atoms with E-state index in [9.17, 15) is 0 Å². The van der Waals surface area contributed by atoms with Crippen molar-refractivity contribution < 1.29 is 10.2 Å². The van der Waals surface area contributed by atoms with Gasteiger partial charge in [-0.1, -0.05) is 26.0 Å². The molecule has 2 atom stereocenters. The number of aliphatic hydroxyl groups excluding tert-OH is 2. The molecule has 2 heteroatoms. The van der Waals surface area contributed by atoms with Gasteiger partial charge in [-0.2, -0.15) is 0 Å². The average molecular weight is 170 g/mol. The molecule has 0 heterocycles. The van der Waals surface area contributed by atoms with Gasteiger partial charge in [-0.25, -0.2) is 0 Å². The van der Waals surface area contributed by atoms with Crippen LogP contribution in [0.4, 0.5) is 0 Å². The third-order valence-electron chi connectivity index (χ3n) is 1.83. The number of allylic oxidation sites excluding steroid dienone is 3. The van der Waals surface area contributed by atoms with Crippen molar-refractivity contribution in [2.45, 2.75) is 33.3 Å². The maximum atomic E-state index is 9.11. The van der Waals surface area contributed by atoms with Gasteiger partial charge in [0.2, 0.25) is 0 Å². The number of aliphatic hydroxyl groups is 2. The first-order valence-electron chi connectivity index (χ1n) is 4.32. The fraction of sp³-hybridized carbons (Fsp3) is 0.600. The van der Waals surface area contributed by atoms with Crippen molar-refractivity contribution in [3.63, 3.8) is 0 Å². The van der Waals surface area contributed by atoms with Gasteiger partial charge < -0.3 is 10.2 Å². The van der Waals surface area contributed by atoms with E-state index in [4.69, 9.17) is 10.2 Å². The van der Waals surface area contributed by atoms with Crippen molar-refractivity contribution in [3.05, 3.63) is 24.0 Å². The van der Waals surface area contributed by atoms with Crippen LogP contribution in [0, 0.1) is 5.92 Å². The summed E-state index contributed by atoms with van der Waals surface area (Å²) in [5.41, 5.74) is 0. The molecule has 0 saturated heterocycles. The molecule has 2 nitrogen and oxygen atoms in total. The minimum absolute atomic E-state index is 0.130. The van der Waals surface area contributed by atoms with Crippen molar-refractivity contribution in [2.75, 3.05) is 0 Å². The quantitative estimate of drug-likeness (QED) is 0.502. The Bertz CT molecular complexity index is 169. The lowest BCUT2D eigenvalue weighted by Gasteiger charge is -2.07. The molecule has 0 amide bonds. The summed E-state index contributed by atoms with van der Waals surface area (Å²) in [6.45, 7) is 5.56. The van der Waals surface area contributed by atoms with Gasteiger partial charge in [-0.15, -0.1) is 0 Å². The van der Waals surface area contributed by atoms with Crippen molar-refractivity contribution in [3.8, 4) is 0 Å². The molecule has 0 aromatic carbocycles. The number of hydrogen-bond donors (Lipinski definition) is 2. The molecule has 70 valence electrons. The zero-order valence-electron chi connectivity index (χ0n) is 7.99. The standard InChI is InChI=1S/C10H18O2/c1-4-10(12)7-5-6-8(2)9(3)11/h5-9,11-12H,4H2,1-3H3/b6-5-,10-7+. The van der Waals surface area contributed by atoms with Crippen LogP contribution in [0.3, 0.4) is 0 Å². The summed E-state index contributed by atoms with van der Waals surface area (Å²) in [6, 6.07) is 0. The summed E-state index contributed by atoms with van der Waals surface area (Å²) < 4.78 is 0. The summed E-state index contributed by atoms with van der Waals surface area (Å²) in [6.07, 6.45) is 5.61. The van der Waals surface area contributed by atoms with Crippen LogP contribution in [-0.2, 0) is 0 Å². The first kappa shape index (κ1) is 11.2. The summed E-state index contributed by atoms with van der Waals surface area (Å²) in [5, 5.41) is 18.2. The highest BCUT2D eigenvalue weighted by molar-refractivity contribution is 5.07. The molecule has 0 bridgehead atoms. The van der Waals surface area contributed by atoms with Crippen molar-refractivity contribution >= 4 is 0 Å². The van der Waals surface area contributed by atoms with Gasteiger partial charge in [0.05, 0.1) is 11.9 Å². The van der Waals surface area contributed by atoms with Crippen LogP contribution in [0.25, 0.3) is 0 Å². The lowest BCUT2D eigenvalue weighted by molar-refractivity contribution is 0.157. The molecule has 0 aromatic heterocycles. The second-order valence-electron chi connectivity index (χ2n) is 3.00. The molecule has 0 aliphatic carbocycles. The smallest absolute Gasteiger partial charge is 0.0919 e. The summed E-state index contributed by atoms with van der Waals surface area (Å²) in [4.78, 5) is 0. The van der Waals surface area contributed by atoms with E-state index < -0.39 is 0 Å². The highest BCUT2D eigenvalue weighted by Crippen LogP contribution is 2.04. The predicted octanol–water partition coefficient (Wildman–Crippen LogP) is 2.41. The fourth-order valence-electron chi connectivity index (χ4n) is 0.621. The molecule has 0 aromatic rings. The zero-order chi connectivity index (χ0) is 9.56. The summed E-state index contributed by atoms with van der Waals surface area (Å²) in [5.74, 6) is 0.495. The largest absolute Gasteiger partial charge is 0.512 e. The Morgan fingerprint density at radius 1 is 1.42 bits per heavy atom. The first-order chi connectivity index (χ1) is 5.57. The molecule has 0 radical (unpaired) electrons. The summed E-state index contributed by atoms with van der Waals surface area (Å²) >= 11 is 0. The maximum absolute atomic E-state index is 9.11. The van der Waals surface area contributed by atoms with E-state index in [0.717, 1.165) is 0 Å². The van der Waals surface area contributed by atoms with Crippen LogP contribution in [0.15, 0.2) is 24.0 Å². The zero-order valence-corrected chi connectivity index (χ0v) is 7.99. The minimum atomic E-state index is -0.335. The minimum Gasteiger partial charge on any atom is -0.512 e. The predicted molar refractivity (Wildman–Crippen MR) is 51.0 cm³/mol. The van der Waals surface area contributed by atoms with E-state index in [1.165, 1.54) is 0 Å². The van der Waals surface area contributed by atoms with Crippen LogP contribution in [0.5, 0.6) is 0 Å². The molecule has 2 N–H and O–H groups in total. The van der Waals surface area contributed by atoms with Gasteiger partial charge in [-0.05, 0) is 18.9 Å². The van der Waals surface area contributed by atoms with E-state index in [-0.39, 0.29) is 12.0 Å². The van der Waals surface area contributed by atoms with Gasteiger partial charge in [0.15, 0.2) is 0 Å². The SMILES string of the molecule is CC/C(O)=C\C=C/C(C)C(C)O. The van der Waals surface area contributed by atoms with Gasteiger partial charge in [0.1, 0.15) is 0 Å². The molecule has 0 rings (SSSR count). The Labute approximate surface area is 74.2 Å². The Balaban J connectivity index is 3.91. The Hall–Kier alpha value is -0.760. The van der Waals surface area contributed by atoms with E-state index >= 15 is 0 Å². The number of rotatable bonds is 4. The molecule has 0 aliphatic heterocycles. The molecule has 0 saturated carbocycles. The fourth-order valence-corrected chi connectivity index (χ4v) is 0.621. The monoisotopic (exact) mass is 170 g/mol. The summed E-state index contributed by atoms with van der Waals surface area (Å²) in [7, 11) is 0. The highest BCUT2D eigenvalue weighted by Gasteiger charge is 2.02. The number of hydrogen-bond acceptors (Lipinski definition) is 2. The lowest BCUT2D eigenvalue weighted by atomic mass is 10.1. The lowest BCUT2D eigenvalue weighted by Crippen LogP contribution is -2.09. The van der Waals surface area contributed by atoms with E-state index in [1.807, 2.05) is 19.9 Å². The molecular weight excluding hydrogens is 152 g/mol. The third kappa shape index (κ3) is 4.97. The van der Waals surface area contributed by atoms with Gasteiger partial charge >= 0.3 is 0 Å². The van der Waals surface area contributed by atoms with Crippen LogP contribution in [0.2, 0.25) is 0 Å². The molecule has 0 spiro atoms. The second kappa shape index (κ2) is 5.84.